The smallest absolute Gasteiger partial charge is 0.304 e. The molecule has 21 heavy (non-hydrogen) atoms. The number of carboxylic acid groups (broad SMARTS) is 1. The largest absolute Gasteiger partial charge is 0.481 e. The van der Waals surface area contributed by atoms with Gasteiger partial charge in [0.15, 0.2) is 0 Å². The molecule has 0 aromatic carbocycles. The molecule has 8 nitrogen and oxygen atoms in total. The summed E-state index contributed by atoms with van der Waals surface area (Å²) in [4.78, 5) is 25.6. The molecule has 1 N–H and O–H groups in total. The van der Waals surface area contributed by atoms with Gasteiger partial charge in [-0.1, -0.05) is 0 Å². The van der Waals surface area contributed by atoms with Gasteiger partial charge in [-0.15, -0.1) is 0 Å². The number of rotatable bonds is 6. The molecule has 0 aliphatic carbocycles. The van der Waals surface area contributed by atoms with Gasteiger partial charge in [0.2, 0.25) is 15.9 Å². The topological polar surface area (TPSA) is 98.2 Å². The molecule has 0 atom stereocenters. The van der Waals surface area contributed by atoms with Crippen LogP contribution in [-0.4, -0.2) is 92.1 Å². The second kappa shape index (κ2) is 7.71. The van der Waals surface area contributed by atoms with Gasteiger partial charge in [-0.25, -0.2) is 12.7 Å². The van der Waals surface area contributed by atoms with Crippen molar-refractivity contribution in [1.29, 1.82) is 0 Å². The molecule has 9 heteroatoms. The third-order valence-corrected chi connectivity index (χ3v) is 5.24. The highest BCUT2D eigenvalue weighted by Gasteiger charge is 2.26. The summed E-state index contributed by atoms with van der Waals surface area (Å²) in [6, 6.07) is 0. The van der Waals surface area contributed by atoms with Crippen LogP contribution in [0.3, 0.4) is 0 Å². The van der Waals surface area contributed by atoms with E-state index in [2.05, 4.69) is 0 Å². The van der Waals surface area contributed by atoms with Crippen LogP contribution in [-0.2, 0) is 19.6 Å². The Morgan fingerprint density at radius 2 is 1.81 bits per heavy atom. The lowest BCUT2D eigenvalue weighted by molar-refractivity contribution is -0.136. The molecule has 1 amide bonds. The summed E-state index contributed by atoms with van der Waals surface area (Å²) < 4.78 is 25.4. The van der Waals surface area contributed by atoms with E-state index < -0.39 is 16.0 Å². The van der Waals surface area contributed by atoms with E-state index in [1.165, 1.54) is 9.21 Å². The molecule has 0 aromatic rings. The van der Waals surface area contributed by atoms with Crippen molar-refractivity contribution in [3.8, 4) is 0 Å². The van der Waals surface area contributed by atoms with E-state index in [0.29, 0.717) is 32.6 Å². The number of carbonyl (C=O) groups excluding carboxylic acids is 1. The third kappa shape index (κ3) is 5.98. The first-order chi connectivity index (χ1) is 9.72. The Labute approximate surface area is 125 Å². The molecule has 1 rings (SSSR count). The maximum Gasteiger partial charge on any atom is 0.304 e. The van der Waals surface area contributed by atoms with Crippen LogP contribution in [0.15, 0.2) is 0 Å². The molecule has 0 saturated carbocycles. The minimum absolute atomic E-state index is 0.0165. The molecule has 122 valence electrons. The molecule has 1 saturated heterocycles. The van der Waals surface area contributed by atoms with E-state index in [-0.39, 0.29) is 24.6 Å². The molecule has 0 unspecified atom stereocenters. The molecule has 1 aliphatic rings. The molecular formula is C12H23N3O5S. The zero-order valence-electron chi connectivity index (χ0n) is 12.5. The lowest BCUT2D eigenvalue weighted by Crippen LogP contribution is -2.40. The van der Waals surface area contributed by atoms with Crippen molar-refractivity contribution in [2.75, 3.05) is 52.6 Å². The second-order valence-corrected chi connectivity index (χ2v) is 7.37. The van der Waals surface area contributed by atoms with Crippen molar-refractivity contribution in [1.82, 2.24) is 14.1 Å². The first-order valence-corrected chi connectivity index (χ1v) is 8.45. The SMILES string of the molecule is CN(C)C(=O)CN1CCCN(S(=O)(=O)CCC(=O)O)CC1. The van der Waals surface area contributed by atoms with Gasteiger partial charge in [0.05, 0.1) is 18.7 Å². The zero-order valence-corrected chi connectivity index (χ0v) is 13.3. The van der Waals surface area contributed by atoms with E-state index in [1.807, 2.05) is 4.90 Å². The van der Waals surface area contributed by atoms with E-state index >= 15 is 0 Å². The normalized spacial score (nSPS) is 18.2. The fraction of sp³-hybridized carbons (Fsp3) is 0.833. The molecule has 1 aliphatic heterocycles. The Balaban J connectivity index is 2.55. The number of amides is 1. The zero-order chi connectivity index (χ0) is 16.0. The molecule has 0 radical (unpaired) electrons. The van der Waals surface area contributed by atoms with Crippen molar-refractivity contribution < 1.29 is 23.1 Å². The van der Waals surface area contributed by atoms with Crippen LogP contribution in [0, 0.1) is 0 Å². The van der Waals surface area contributed by atoms with Gasteiger partial charge < -0.3 is 10.0 Å². The monoisotopic (exact) mass is 321 g/mol. The van der Waals surface area contributed by atoms with Gasteiger partial charge in [-0.05, 0) is 13.0 Å². The predicted octanol–water partition coefficient (Wildman–Crippen LogP) is -1.11. The van der Waals surface area contributed by atoms with Gasteiger partial charge in [0, 0.05) is 33.7 Å². The number of hydrogen-bond acceptors (Lipinski definition) is 5. The van der Waals surface area contributed by atoms with Crippen LogP contribution in [0.5, 0.6) is 0 Å². The Morgan fingerprint density at radius 1 is 1.14 bits per heavy atom. The minimum Gasteiger partial charge on any atom is -0.481 e. The van der Waals surface area contributed by atoms with Gasteiger partial charge in [-0.2, -0.15) is 0 Å². The quantitative estimate of drug-likeness (QED) is 0.666. The molecule has 0 bridgehead atoms. The maximum atomic E-state index is 12.0. The number of likely N-dealkylation sites (N-methyl/N-ethyl adjacent to an activating group) is 1. The third-order valence-electron chi connectivity index (χ3n) is 3.37. The minimum atomic E-state index is -3.54. The average molecular weight is 321 g/mol. The van der Waals surface area contributed by atoms with Crippen LogP contribution in [0.2, 0.25) is 0 Å². The van der Waals surface area contributed by atoms with Crippen molar-refractivity contribution in [2.45, 2.75) is 12.8 Å². The number of nitrogens with zero attached hydrogens (tertiary/aromatic N) is 3. The fourth-order valence-electron chi connectivity index (χ4n) is 2.06. The summed E-state index contributed by atoms with van der Waals surface area (Å²) >= 11 is 0. The summed E-state index contributed by atoms with van der Waals surface area (Å²) in [5, 5.41) is 8.59. The average Bonchev–Trinajstić information content (AvgIpc) is 2.62. The highest BCUT2D eigenvalue weighted by molar-refractivity contribution is 7.89. The molecule has 1 fully saturated rings. The Morgan fingerprint density at radius 3 is 2.38 bits per heavy atom. The van der Waals surface area contributed by atoms with Gasteiger partial charge in [-0.3, -0.25) is 14.5 Å². The van der Waals surface area contributed by atoms with Gasteiger partial charge >= 0.3 is 5.97 Å². The van der Waals surface area contributed by atoms with Crippen molar-refractivity contribution >= 4 is 21.9 Å². The van der Waals surface area contributed by atoms with Crippen LogP contribution in [0.1, 0.15) is 12.8 Å². The number of aliphatic carboxylic acids is 1. The van der Waals surface area contributed by atoms with Crippen LogP contribution in [0.4, 0.5) is 0 Å². The van der Waals surface area contributed by atoms with Crippen LogP contribution < -0.4 is 0 Å². The maximum absolute atomic E-state index is 12.0. The molecule has 0 spiro atoms. The van der Waals surface area contributed by atoms with Crippen molar-refractivity contribution in [2.24, 2.45) is 0 Å². The fourth-order valence-corrected chi connectivity index (χ4v) is 3.52. The Hall–Kier alpha value is -1.19. The standard InChI is InChI=1S/C12H23N3O5S/c1-13(2)11(16)10-14-5-3-6-15(8-7-14)21(19,20)9-4-12(17)18/h3-10H2,1-2H3,(H,17,18). The Bertz CT molecular complexity index is 477. The first-order valence-electron chi connectivity index (χ1n) is 6.84. The number of hydrogen-bond donors (Lipinski definition) is 1. The molecular weight excluding hydrogens is 298 g/mol. The lowest BCUT2D eigenvalue weighted by atomic mass is 10.4. The summed E-state index contributed by atoms with van der Waals surface area (Å²) in [7, 11) is -0.173. The first kappa shape index (κ1) is 17.9. The molecule has 0 aromatic heterocycles. The van der Waals surface area contributed by atoms with Crippen LogP contribution in [0.25, 0.3) is 0 Å². The number of sulfonamides is 1. The molecule has 1 heterocycles. The predicted molar refractivity (Wildman–Crippen MR) is 77.4 cm³/mol. The summed E-state index contributed by atoms with van der Waals surface area (Å²) in [6.45, 7) is 2.07. The highest BCUT2D eigenvalue weighted by Crippen LogP contribution is 2.10. The number of carbonyl (C=O) groups is 2. The summed E-state index contributed by atoms with van der Waals surface area (Å²) in [5.41, 5.74) is 0. The number of carboxylic acids is 1. The Kier molecular flexibility index (Phi) is 6.56. The lowest BCUT2D eigenvalue weighted by Gasteiger charge is -2.22. The van der Waals surface area contributed by atoms with E-state index in [4.69, 9.17) is 5.11 Å². The summed E-state index contributed by atoms with van der Waals surface area (Å²) in [5.74, 6) is -1.51. The highest BCUT2D eigenvalue weighted by atomic mass is 32.2. The van der Waals surface area contributed by atoms with Crippen molar-refractivity contribution in [3.05, 3.63) is 0 Å². The van der Waals surface area contributed by atoms with E-state index in [0.717, 1.165) is 0 Å². The summed E-state index contributed by atoms with van der Waals surface area (Å²) in [6.07, 6.45) is 0.245. The van der Waals surface area contributed by atoms with Crippen LogP contribution >= 0.6 is 0 Å². The second-order valence-electron chi connectivity index (χ2n) is 5.28. The van der Waals surface area contributed by atoms with E-state index in [9.17, 15) is 18.0 Å². The van der Waals surface area contributed by atoms with E-state index in [1.54, 1.807) is 14.1 Å². The van der Waals surface area contributed by atoms with Gasteiger partial charge in [0.25, 0.3) is 0 Å². The van der Waals surface area contributed by atoms with Gasteiger partial charge in [0.1, 0.15) is 0 Å². The van der Waals surface area contributed by atoms with Crippen molar-refractivity contribution in [3.63, 3.8) is 0 Å².